The molecule has 0 bridgehead atoms. The van der Waals surface area contributed by atoms with E-state index >= 15 is 0 Å². The largest absolute Gasteiger partial charge is 0.492 e. The zero-order valence-electron chi connectivity index (χ0n) is 6.40. The molecule has 0 saturated carbocycles. The fourth-order valence-corrected chi connectivity index (χ4v) is 0.975. The maximum atomic E-state index is 12.6. The molecule has 0 heterocycles. The van der Waals surface area contributed by atoms with Crippen molar-refractivity contribution in [3.8, 4) is 5.75 Å². The molecule has 1 rings (SSSR count). The second-order valence-corrected chi connectivity index (χ2v) is 2.54. The van der Waals surface area contributed by atoms with Crippen LogP contribution in [-0.4, -0.2) is 6.61 Å². The van der Waals surface area contributed by atoms with Crippen molar-refractivity contribution in [2.75, 3.05) is 6.61 Å². The predicted octanol–water partition coefficient (Wildman–Crippen LogP) is 3.02. The van der Waals surface area contributed by atoms with E-state index in [4.69, 9.17) is 16.3 Å². The van der Waals surface area contributed by atoms with E-state index in [1.165, 1.54) is 0 Å². The van der Waals surface area contributed by atoms with Gasteiger partial charge in [-0.3, -0.25) is 0 Å². The van der Waals surface area contributed by atoms with E-state index in [1.807, 2.05) is 0 Å². The van der Waals surface area contributed by atoms with Crippen molar-refractivity contribution < 1.29 is 13.5 Å². The Labute approximate surface area is 73.9 Å². The average molecular weight is 193 g/mol. The van der Waals surface area contributed by atoms with Crippen LogP contribution in [0.4, 0.5) is 8.78 Å². The lowest BCUT2D eigenvalue weighted by Gasteiger charge is -2.05. The van der Waals surface area contributed by atoms with Gasteiger partial charge in [0.25, 0.3) is 0 Å². The highest BCUT2D eigenvalue weighted by Gasteiger charge is 2.08. The lowest BCUT2D eigenvalue weighted by atomic mass is 10.3. The summed E-state index contributed by atoms with van der Waals surface area (Å²) in [6.07, 6.45) is 0. The van der Waals surface area contributed by atoms with Gasteiger partial charge >= 0.3 is 0 Å². The monoisotopic (exact) mass is 192 g/mol. The number of halogens is 3. The molecule has 0 amide bonds. The Morgan fingerprint density at radius 2 is 1.92 bits per heavy atom. The van der Waals surface area contributed by atoms with Gasteiger partial charge in [0, 0.05) is 6.07 Å². The molecule has 1 nitrogen and oxygen atoms in total. The van der Waals surface area contributed by atoms with Crippen molar-refractivity contribution in [3.05, 3.63) is 28.8 Å². The van der Waals surface area contributed by atoms with Gasteiger partial charge in [-0.15, -0.1) is 0 Å². The second kappa shape index (κ2) is 3.72. The van der Waals surface area contributed by atoms with Gasteiger partial charge in [0.1, 0.15) is 5.75 Å². The Morgan fingerprint density at radius 1 is 1.33 bits per heavy atom. The topological polar surface area (TPSA) is 9.23 Å². The molecule has 0 unspecified atom stereocenters. The molecule has 0 aromatic heterocycles. The van der Waals surface area contributed by atoms with E-state index in [2.05, 4.69) is 0 Å². The van der Waals surface area contributed by atoms with Crippen molar-refractivity contribution in [3.63, 3.8) is 0 Å². The Kier molecular flexibility index (Phi) is 2.87. The molecule has 0 radical (unpaired) electrons. The highest BCUT2D eigenvalue weighted by Crippen LogP contribution is 2.26. The van der Waals surface area contributed by atoms with Crippen LogP contribution >= 0.6 is 11.6 Å². The van der Waals surface area contributed by atoms with Crippen LogP contribution in [0.25, 0.3) is 0 Å². The molecule has 0 spiro atoms. The van der Waals surface area contributed by atoms with Gasteiger partial charge in [-0.1, -0.05) is 11.6 Å². The number of hydrogen-bond donors (Lipinski definition) is 0. The number of benzene rings is 1. The Hall–Kier alpha value is -0.830. The lowest BCUT2D eigenvalue weighted by Crippen LogP contribution is -1.94. The van der Waals surface area contributed by atoms with Gasteiger partial charge in [-0.25, -0.2) is 8.78 Å². The fourth-order valence-electron chi connectivity index (χ4n) is 0.770. The zero-order valence-corrected chi connectivity index (χ0v) is 7.16. The van der Waals surface area contributed by atoms with Crippen LogP contribution in [0.15, 0.2) is 12.1 Å². The average Bonchev–Trinajstić information content (AvgIpc) is 2.01. The SMILES string of the molecule is CCOc1cc(F)c(F)cc1Cl. The van der Waals surface area contributed by atoms with E-state index in [9.17, 15) is 8.78 Å². The summed E-state index contributed by atoms with van der Waals surface area (Å²) in [5, 5.41) is 0.0794. The normalized spacial score (nSPS) is 10.0. The molecule has 12 heavy (non-hydrogen) atoms. The first-order valence-electron chi connectivity index (χ1n) is 3.42. The first-order chi connectivity index (χ1) is 5.65. The highest BCUT2D eigenvalue weighted by atomic mass is 35.5. The van der Waals surface area contributed by atoms with Crippen molar-refractivity contribution in [1.29, 1.82) is 0 Å². The Morgan fingerprint density at radius 3 is 2.50 bits per heavy atom. The van der Waals surface area contributed by atoms with Crippen LogP contribution in [0.1, 0.15) is 6.92 Å². The summed E-state index contributed by atoms with van der Waals surface area (Å²) in [5.41, 5.74) is 0. The summed E-state index contributed by atoms with van der Waals surface area (Å²) in [6, 6.07) is 1.82. The second-order valence-electron chi connectivity index (χ2n) is 2.13. The first kappa shape index (κ1) is 9.26. The van der Waals surface area contributed by atoms with E-state index in [-0.39, 0.29) is 10.8 Å². The molecule has 1 aromatic carbocycles. The standard InChI is InChI=1S/C8H7ClF2O/c1-2-12-8-4-7(11)6(10)3-5(8)9/h3-4H,2H2,1H3. The number of ether oxygens (including phenoxy) is 1. The summed E-state index contributed by atoms with van der Waals surface area (Å²) in [7, 11) is 0. The summed E-state index contributed by atoms with van der Waals surface area (Å²) >= 11 is 5.55. The summed E-state index contributed by atoms with van der Waals surface area (Å²) in [5.74, 6) is -1.76. The lowest BCUT2D eigenvalue weighted by molar-refractivity contribution is 0.336. The summed E-state index contributed by atoms with van der Waals surface area (Å²) < 4.78 is 30.0. The zero-order chi connectivity index (χ0) is 9.14. The van der Waals surface area contributed by atoms with Crippen molar-refractivity contribution >= 4 is 11.6 Å². The molecular weight excluding hydrogens is 186 g/mol. The van der Waals surface area contributed by atoms with Crippen LogP contribution < -0.4 is 4.74 Å². The van der Waals surface area contributed by atoms with Crippen LogP contribution in [0, 0.1) is 11.6 Å². The third kappa shape index (κ3) is 1.85. The number of rotatable bonds is 2. The smallest absolute Gasteiger partial charge is 0.162 e. The van der Waals surface area contributed by atoms with Gasteiger partial charge in [0.15, 0.2) is 11.6 Å². The third-order valence-electron chi connectivity index (χ3n) is 1.27. The third-order valence-corrected chi connectivity index (χ3v) is 1.57. The molecule has 4 heteroatoms. The van der Waals surface area contributed by atoms with Gasteiger partial charge in [0.05, 0.1) is 11.6 Å². The maximum Gasteiger partial charge on any atom is 0.162 e. The van der Waals surface area contributed by atoms with E-state index < -0.39 is 11.6 Å². The Bertz CT molecular complexity index is 289. The van der Waals surface area contributed by atoms with E-state index in [0.717, 1.165) is 12.1 Å². The molecular formula is C8H7ClF2O. The van der Waals surface area contributed by atoms with Gasteiger partial charge < -0.3 is 4.74 Å². The van der Waals surface area contributed by atoms with Crippen molar-refractivity contribution in [2.45, 2.75) is 6.92 Å². The van der Waals surface area contributed by atoms with Crippen molar-refractivity contribution in [1.82, 2.24) is 0 Å². The highest BCUT2D eigenvalue weighted by molar-refractivity contribution is 6.32. The predicted molar refractivity (Wildman–Crippen MR) is 42.5 cm³/mol. The van der Waals surface area contributed by atoms with E-state index in [0.29, 0.717) is 6.61 Å². The first-order valence-corrected chi connectivity index (χ1v) is 3.80. The van der Waals surface area contributed by atoms with E-state index in [1.54, 1.807) is 6.92 Å². The minimum atomic E-state index is -0.969. The summed E-state index contributed by atoms with van der Waals surface area (Å²) in [6.45, 7) is 2.10. The molecule has 0 aliphatic rings. The quantitative estimate of drug-likeness (QED) is 0.655. The van der Waals surface area contributed by atoms with Crippen LogP contribution in [0.3, 0.4) is 0 Å². The van der Waals surface area contributed by atoms with Gasteiger partial charge in [-0.2, -0.15) is 0 Å². The molecule has 0 aliphatic carbocycles. The molecule has 66 valence electrons. The molecule has 0 N–H and O–H groups in total. The molecule has 0 atom stereocenters. The number of hydrogen-bond acceptors (Lipinski definition) is 1. The summed E-state index contributed by atoms with van der Waals surface area (Å²) in [4.78, 5) is 0. The van der Waals surface area contributed by atoms with Crippen LogP contribution in [-0.2, 0) is 0 Å². The van der Waals surface area contributed by atoms with Gasteiger partial charge in [-0.05, 0) is 13.0 Å². The Balaban J connectivity index is 3.05. The van der Waals surface area contributed by atoms with Crippen LogP contribution in [0.5, 0.6) is 5.75 Å². The minimum absolute atomic E-state index is 0.0794. The molecule has 0 saturated heterocycles. The van der Waals surface area contributed by atoms with Crippen LogP contribution in [0.2, 0.25) is 5.02 Å². The molecule has 0 fully saturated rings. The molecule has 0 aliphatic heterocycles. The molecule has 1 aromatic rings. The fraction of sp³-hybridized carbons (Fsp3) is 0.250. The van der Waals surface area contributed by atoms with Gasteiger partial charge in [0.2, 0.25) is 0 Å². The minimum Gasteiger partial charge on any atom is -0.492 e. The maximum absolute atomic E-state index is 12.6. The van der Waals surface area contributed by atoms with Crippen molar-refractivity contribution in [2.24, 2.45) is 0 Å².